The maximum atomic E-state index is 12.9. The molecule has 2 N–H and O–H groups in total. The third-order valence-electron chi connectivity index (χ3n) is 6.84. The highest BCUT2D eigenvalue weighted by molar-refractivity contribution is 8.01. The largest absolute Gasteiger partial charge is 0.405 e. The molecule has 3 unspecified atom stereocenters. The number of anilines is 2. The summed E-state index contributed by atoms with van der Waals surface area (Å²) in [5.41, 5.74) is 1.57. The molecule has 1 aromatic rings. The number of benzene rings is 1. The number of thioether (sulfide) groups is 1. The number of hydrogen-bond acceptors (Lipinski definition) is 7. The lowest BCUT2D eigenvalue weighted by atomic mass is 10.1. The van der Waals surface area contributed by atoms with Crippen LogP contribution in [0.4, 0.5) is 24.5 Å². The summed E-state index contributed by atoms with van der Waals surface area (Å²) < 4.78 is 37.3. The molecule has 9 nitrogen and oxygen atoms in total. The van der Waals surface area contributed by atoms with Crippen molar-refractivity contribution >= 4 is 40.9 Å². The van der Waals surface area contributed by atoms with Crippen LogP contribution in [0.25, 0.3) is 0 Å². The molecule has 2 aliphatic heterocycles. The average molecular weight is 569 g/mol. The molecule has 1 aromatic carbocycles. The second kappa shape index (κ2) is 13.9. The number of rotatable bonds is 12. The van der Waals surface area contributed by atoms with E-state index in [9.17, 15) is 32.8 Å². The molecule has 39 heavy (non-hydrogen) atoms. The fourth-order valence-electron chi connectivity index (χ4n) is 4.67. The standard InChI is InChI=1S/C26H35F3N6O3S/c1-3-35-23(13-18(15-30)24(37)32-17-26(27,28)29)39-21(25(35)38)9-10-31-19-7-6-8-20(14-19)33(2)22(36)16-34-11-4-5-12-34/h6-8,14,18,21,23,31H,3-5,9-13,16-17H2,1-2H3,(H,32,37). The van der Waals surface area contributed by atoms with Crippen LogP contribution >= 0.6 is 11.8 Å². The number of halogens is 3. The zero-order valence-corrected chi connectivity index (χ0v) is 23.0. The minimum Gasteiger partial charge on any atom is -0.385 e. The monoisotopic (exact) mass is 568 g/mol. The highest BCUT2D eigenvalue weighted by atomic mass is 32.2. The van der Waals surface area contributed by atoms with Crippen molar-refractivity contribution in [1.82, 2.24) is 15.1 Å². The van der Waals surface area contributed by atoms with Gasteiger partial charge in [0, 0.05) is 37.9 Å². The van der Waals surface area contributed by atoms with Crippen LogP contribution in [0, 0.1) is 17.2 Å². The molecule has 0 bridgehead atoms. The van der Waals surface area contributed by atoms with Gasteiger partial charge < -0.3 is 20.4 Å². The van der Waals surface area contributed by atoms with Gasteiger partial charge in [0.25, 0.3) is 0 Å². The van der Waals surface area contributed by atoms with Gasteiger partial charge in [-0.25, -0.2) is 0 Å². The number of nitrogens with zero attached hydrogens (tertiary/aromatic N) is 4. The predicted molar refractivity (Wildman–Crippen MR) is 144 cm³/mol. The topological polar surface area (TPSA) is 109 Å². The molecule has 0 saturated carbocycles. The van der Waals surface area contributed by atoms with E-state index in [1.54, 1.807) is 35.2 Å². The maximum absolute atomic E-state index is 12.9. The van der Waals surface area contributed by atoms with Crippen molar-refractivity contribution in [2.45, 2.75) is 49.4 Å². The molecule has 3 rings (SSSR count). The number of amides is 3. The maximum Gasteiger partial charge on any atom is 0.405 e. The number of likely N-dealkylation sites (tertiary alicyclic amines) is 1. The Balaban J connectivity index is 1.52. The van der Waals surface area contributed by atoms with Gasteiger partial charge in [-0.15, -0.1) is 11.8 Å². The Morgan fingerprint density at radius 3 is 2.64 bits per heavy atom. The molecule has 0 spiro atoms. The van der Waals surface area contributed by atoms with Crippen molar-refractivity contribution in [3.05, 3.63) is 24.3 Å². The molecule has 0 radical (unpaired) electrons. The number of nitriles is 1. The molecule has 2 saturated heterocycles. The van der Waals surface area contributed by atoms with Crippen LogP contribution in [-0.2, 0) is 14.4 Å². The molecule has 214 valence electrons. The van der Waals surface area contributed by atoms with Gasteiger partial charge in [-0.3, -0.25) is 19.3 Å². The Morgan fingerprint density at radius 1 is 1.28 bits per heavy atom. The van der Waals surface area contributed by atoms with E-state index in [0.29, 0.717) is 26.1 Å². The third kappa shape index (κ3) is 8.76. The summed E-state index contributed by atoms with van der Waals surface area (Å²) in [5, 5.41) is 13.5. The lowest BCUT2D eigenvalue weighted by molar-refractivity contribution is -0.140. The smallest absolute Gasteiger partial charge is 0.385 e. The molecule has 2 fully saturated rings. The fourth-order valence-corrected chi connectivity index (χ4v) is 6.26. The number of carbonyl (C=O) groups is 3. The minimum atomic E-state index is -4.57. The summed E-state index contributed by atoms with van der Waals surface area (Å²) >= 11 is 1.32. The Morgan fingerprint density at radius 2 is 2.00 bits per heavy atom. The van der Waals surface area contributed by atoms with Crippen molar-refractivity contribution in [2.24, 2.45) is 5.92 Å². The fraction of sp³-hybridized carbons (Fsp3) is 0.615. The van der Waals surface area contributed by atoms with Gasteiger partial charge in [0.15, 0.2) is 0 Å². The Kier molecular flexibility index (Phi) is 10.9. The molecule has 0 aromatic heterocycles. The van der Waals surface area contributed by atoms with Crippen molar-refractivity contribution in [3.8, 4) is 6.07 Å². The van der Waals surface area contributed by atoms with Crippen molar-refractivity contribution in [2.75, 3.05) is 56.5 Å². The van der Waals surface area contributed by atoms with E-state index in [2.05, 4.69) is 10.2 Å². The zero-order valence-electron chi connectivity index (χ0n) is 22.2. The normalized spacial score (nSPS) is 20.5. The SMILES string of the molecule is CCN1C(=O)C(CCNc2cccc(N(C)C(=O)CN3CCCC3)c2)SC1CC(C#N)C(=O)NCC(F)(F)F. The van der Waals surface area contributed by atoms with Gasteiger partial charge in [0.05, 0.1) is 23.2 Å². The van der Waals surface area contributed by atoms with Crippen LogP contribution in [-0.4, -0.2) is 90.6 Å². The van der Waals surface area contributed by atoms with Crippen LogP contribution in [0.2, 0.25) is 0 Å². The van der Waals surface area contributed by atoms with Gasteiger partial charge in [0.2, 0.25) is 17.7 Å². The summed E-state index contributed by atoms with van der Waals surface area (Å²) in [6.45, 7) is 3.38. The number of carbonyl (C=O) groups excluding carboxylic acids is 3. The summed E-state index contributed by atoms with van der Waals surface area (Å²) in [6, 6.07) is 9.25. The zero-order chi connectivity index (χ0) is 28.6. The summed E-state index contributed by atoms with van der Waals surface area (Å²) in [5.74, 6) is -2.39. The Bertz CT molecular complexity index is 1060. The first-order valence-electron chi connectivity index (χ1n) is 13.0. The summed E-state index contributed by atoms with van der Waals surface area (Å²) in [7, 11) is 1.75. The van der Waals surface area contributed by atoms with Crippen LogP contribution in [0.3, 0.4) is 0 Å². The van der Waals surface area contributed by atoms with Crippen molar-refractivity contribution in [1.29, 1.82) is 5.26 Å². The van der Waals surface area contributed by atoms with Gasteiger partial charge >= 0.3 is 6.18 Å². The van der Waals surface area contributed by atoms with Gasteiger partial charge in [-0.1, -0.05) is 6.07 Å². The minimum absolute atomic E-state index is 0.0236. The first-order chi connectivity index (χ1) is 18.5. The van der Waals surface area contributed by atoms with Gasteiger partial charge in [-0.2, -0.15) is 18.4 Å². The van der Waals surface area contributed by atoms with E-state index in [0.717, 1.165) is 37.3 Å². The summed E-state index contributed by atoms with van der Waals surface area (Å²) in [6.07, 6.45) is -1.91. The third-order valence-corrected chi connectivity index (χ3v) is 8.37. The van der Waals surface area contributed by atoms with Crippen molar-refractivity contribution in [3.63, 3.8) is 0 Å². The van der Waals surface area contributed by atoms with Crippen LogP contribution < -0.4 is 15.5 Å². The lowest BCUT2D eigenvalue weighted by Gasteiger charge is -2.23. The molecule has 3 amide bonds. The molecule has 3 atom stereocenters. The molecular formula is C26H35F3N6O3S. The van der Waals surface area contributed by atoms with E-state index in [4.69, 9.17) is 0 Å². The number of alkyl halides is 3. The Hall–Kier alpha value is -2.98. The summed E-state index contributed by atoms with van der Waals surface area (Å²) in [4.78, 5) is 43.1. The van der Waals surface area contributed by atoms with E-state index < -0.39 is 35.2 Å². The van der Waals surface area contributed by atoms with E-state index in [-0.39, 0.29) is 18.2 Å². The quantitative estimate of drug-likeness (QED) is 0.399. The number of hydrogen-bond donors (Lipinski definition) is 2. The van der Waals surface area contributed by atoms with Crippen LogP contribution in [0.1, 0.15) is 32.6 Å². The molecule has 13 heteroatoms. The molecular weight excluding hydrogens is 533 g/mol. The highest BCUT2D eigenvalue weighted by Gasteiger charge is 2.41. The molecule has 0 aliphatic carbocycles. The van der Waals surface area contributed by atoms with E-state index in [1.807, 2.05) is 24.3 Å². The van der Waals surface area contributed by atoms with E-state index in [1.165, 1.54) is 11.8 Å². The molecule has 2 aliphatic rings. The number of likely N-dealkylation sites (N-methyl/N-ethyl adjacent to an activating group) is 1. The average Bonchev–Trinajstić information content (AvgIpc) is 3.52. The van der Waals surface area contributed by atoms with Gasteiger partial charge in [-0.05, 0) is 57.5 Å². The highest BCUT2D eigenvalue weighted by Crippen LogP contribution is 2.37. The van der Waals surface area contributed by atoms with Gasteiger partial charge in [0.1, 0.15) is 12.5 Å². The van der Waals surface area contributed by atoms with Crippen LogP contribution in [0.5, 0.6) is 0 Å². The predicted octanol–water partition coefficient (Wildman–Crippen LogP) is 3.05. The number of nitrogens with one attached hydrogen (secondary N) is 2. The first kappa shape index (κ1) is 30.6. The van der Waals surface area contributed by atoms with Crippen LogP contribution in [0.15, 0.2) is 24.3 Å². The first-order valence-corrected chi connectivity index (χ1v) is 14.0. The lowest BCUT2D eigenvalue weighted by Crippen LogP contribution is -2.40. The second-order valence-electron chi connectivity index (χ2n) is 9.66. The second-order valence-corrected chi connectivity index (χ2v) is 11.0. The molecule has 2 heterocycles. The van der Waals surface area contributed by atoms with E-state index >= 15 is 0 Å². The van der Waals surface area contributed by atoms with Crippen molar-refractivity contribution < 1.29 is 27.6 Å². The Labute approximate surface area is 231 Å².